The minimum atomic E-state index is 0.294. The average Bonchev–Trinajstić information content (AvgIpc) is 3.17. The second kappa shape index (κ2) is 12.3. The molecule has 0 amide bonds. The number of rotatable bonds is 11. The molecule has 2 aromatic rings. The number of methoxy groups -OCH3 is 1. The number of hydrogen-bond donors (Lipinski definition) is 2. The van der Waals surface area contributed by atoms with Crippen LogP contribution in [-0.2, 0) is 35.5 Å². The first kappa shape index (κ1) is 22.2. The molecule has 0 aliphatic carbocycles. The molecule has 8 heteroatoms. The Kier molecular flexibility index (Phi) is 9.11. The van der Waals surface area contributed by atoms with Gasteiger partial charge in [0.1, 0.15) is 12.4 Å². The van der Waals surface area contributed by atoms with Gasteiger partial charge < -0.3 is 20.1 Å². The largest absolute Gasteiger partial charge is 0.381 e. The molecule has 0 bridgehead atoms. The average molecular weight is 415 g/mol. The van der Waals surface area contributed by atoms with Crippen LogP contribution in [0.25, 0.3) is 0 Å². The zero-order valence-electron chi connectivity index (χ0n) is 18.1. The first-order valence-electron chi connectivity index (χ1n) is 10.8. The lowest BCUT2D eigenvalue weighted by Gasteiger charge is -2.25. The van der Waals surface area contributed by atoms with Crippen molar-refractivity contribution in [3.05, 3.63) is 47.5 Å². The molecule has 1 unspecified atom stereocenters. The minimum absolute atomic E-state index is 0.294. The summed E-state index contributed by atoms with van der Waals surface area (Å²) in [7, 11) is 3.47. The Hall–Kier alpha value is -2.45. The molecule has 30 heavy (non-hydrogen) atoms. The van der Waals surface area contributed by atoms with E-state index in [1.54, 1.807) is 7.11 Å². The maximum Gasteiger partial charge on any atom is 0.191 e. The van der Waals surface area contributed by atoms with Crippen molar-refractivity contribution in [3.63, 3.8) is 0 Å². The van der Waals surface area contributed by atoms with Crippen molar-refractivity contribution in [3.8, 4) is 0 Å². The van der Waals surface area contributed by atoms with E-state index in [4.69, 9.17) is 9.47 Å². The molecule has 2 N–H and O–H groups in total. The highest BCUT2D eigenvalue weighted by atomic mass is 16.5. The van der Waals surface area contributed by atoms with E-state index in [1.165, 1.54) is 5.56 Å². The standard InChI is InChI=1S/C22H34N6O2/c1-23-22(24-13-6-7-14-30-15-12-18-8-4-3-5-9-18)25-19-10-11-21-26-20(17-29-2)27-28(21)16-19/h3-5,8-9,19H,6-7,10-17H2,1-2H3,(H2,23,24,25). The second-order valence-electron chi connectivity index (χ2n) is 7.49. The molecule has 1 atom stereocenters. The lowest BCUT2D eigenvalue weighted by atomic mass is 10.1. The molecule has 0 saturated heterocycles. The number of guanidine groups is 1. The summed E-state index contributed by atoms with van der Waals surface area (Å²) in [5, 5.41) is 11.4. The number of aryl methyl sites for hydroxylation is 1. The molecule has 164 valence electrons. The van der Waals surface area contributed by atoms with Crippen LogP contribution in [0.2, 0.25) is 0 Å². The molecular weight excluding hydrogens is 380 g/mol. The Morgan fingerprint density at radius 1 is 1.23 bits per heavy atom. The van der Waals surface area contributed by atoms with E-state index in [2.05, 4.69) is 50.0 Å². The van der Waals surface area contributed by atoms with Gasteiger partial charge in [0.05, 0.1) is 13.2 Å². The molecule has 0 saturated carbocycles. The van der Waals surface area contributed by atoms with Gasteiger partial charge >= 0.3 is 0 Å². The van der Waals surface area contributed by atoms with Gasteiger partial charge in [0.25, 0.3) is 0 Å². The van der Waals surface area contributed by atoms with Crippen LogP contribution in [0, 0.1) is 0 Å². The van der Waals surface area contributed by atoms with E-state index in [0.29, 0.717) is 12.6 Å². The molecule has 1 aliphatic heterocycles. The number of hydrogen-bond acceptors (Lipinski definition) is 5. The number of fused-ring (bicyclic) bond motifs is 1. The van der Waals surface area contributed by atoms with E-state index in [-0.39, 0.29) is 0 Å². The Morgan fingerprint density at radius 3 is 2.90 bits per heavy atom. The van der Waals surface area contributed by atoms with Gasteiger partial charge in [-0.05, 0) is 31.2 Å². The van der Waals surface area contributed by atoms with Gasteiger partial charge in [-0.25, -0.2) is 9.67 Å². The summed E-state index contributed by atoms with van der Waals surface area (Å²) < 4.78 is 12.9. The fourth-order valence-corrected chi connectivity index (χ4v) is 3.53. The van der Waals surface area contributed by atoms with Crippen molar-refractivity contribution in [2.75, 3.05) is 33.9 Å². The van der Waals surface area contributed by atoms with Gasteiger partial charge in [-0.2, -0.15) is 5.10 Å². The Labute approximate surface area is 179 Å². The zero-order chi connectivity index (χ0) is 21.0. The maximum atomic E-state index is 5.75. The highest BCUT2D eigenvalue weighted by Crippen LogP contribution is 2.13. The lowest BCUT2D eigenvalue weighted by molar-refractivity contribution is 0.133. The third-order valence-corrected chi connectivity index (χ3v) is 5.13. The molecule has 0 fully saturated rings. The van der Waals surface area contributed by atoms with Crippen LogP contribution in [0.15, 0.2) is 35.3 Å². The molecular formula is C22H34N6O2. The van der Waals surface area contributed by atoms with Crippen molar-refractivity contribution in [2.24, 2.45) is 4.99 Å². The fourth-order valence-electron chi connectivity index (χ4n) is 3.53. The summed E-state index contributed by atoms with van der Waals surface area (Å²) in [6.07, 6.45) is 4.97. The van der Waals surface area contributed by atoms with Crippen molar-refractivity contribution in [2.45, 2.75) is 51.3 Å². The molecule has 3 rings (SSSR count). The van der Waals surface area contributed by atoms with Crippen molar-refractivity contribution >= 4 is 5.96 Å². The number of nitrogens with one attached hydrogen (secondary N) is 2. The topological polar surface area (TPSA) is 85.6 Å². The molecule has 1 aliphatic rings. The summed E-state index contributed by atoms with van der Waals surface area (Å²) in [5.74, 6) is 2.63. The minimum Gasteiger partial charge on any atom is -0.381 e. The molecule has 0 radical (unpaired) electrons. The summed E-state index contributed by atoms with van der Waals surface area (Å²) in [4.78, 5) is 8.88. The van der Waals surface area contributed by atoms with Crippen LogP contribution < -0.4 is 10.6 Å². The van der Waals surface area contributed by atoms with Crippen LogP contribution >= 0.6 is 0 Å². The van der Waals surface area contributed by atoms with Crippen LogP contribution in [0.3, 0.4) is 0 Å². The third-order valence-electron chi connectivity index (χ3n) is 5.13. The number of ether oxygens (including phenoxy) is 2. The summed E-state index contributed by atoms with van der Waals surface area (Å²) >= 11 is 0. The number of nitrogens with zero attached hydrogens (tertiary/aromatic N) is 4. The van der Waals surface area contributed by atoms with E-state index in [0.717, 1.165) is 76.0 Å². The van der Waals surface area contributed by atoms with Crippen LogP contribution in [0.4, 0.5) is 0 Å². The fraction of sp³-hybridized carbons (Fsp3) is 0.591. The smallest absolute Gasteiger partial charge is 0.191 e. The van der Waals surface area contributed by atoms with Crippen molar-refractivity contribution < 1.29 is 9.47 Å². The van der Waals surface area contributed by atoms with Gasteiger partial charge in [0, 0.05) is 39.8 Å². The third kappa shape index (κ3) is 7.11. The van der Waals surface area contributed by atoms with Gasteiger partial charge in [-0.3, -0.25) is 4.99 Å². The van der Waals surface area contributed by atoms with Gasteiger partial charge in [-0.1, -0.05) is 30.3 Å². The zero-order valence-corrected chi connectivity index (χ0v) is 18.1. The normalized spacial score (nSPS) is 16.3. The predicted molar refractivity (Wildman–Crippen MR) is 118 cm³/mol. The van der Waals surface area contributed by atoms with E-state index < -0.39 is 0 Å². The molecule has 8 nitrogen and oxygen atoms in total. The Morgan fingerprint density at radius 2 is 2.10 bits per heavy atom. The number of benzene rings is 1. The molecule has 2 heterocycles. The van der Waals surface area contributed by atoms with E-state index in [1.807, 2.05) is 17.8 Å². The van der Waals surface area contributed by atoms with Crippen LogP contribution in [-0.4, -0.2) is 60.7 Å². The van der Waals surface area contributed by atoms with Gasteiger partial charge in [-0.15, -0.1) is 0 Å². The summed E-state index contributed by atoms with van der Waals surface area (Å²) in [5.41, 5.74) is 1.32. The lowest BCUT2D eigenvalue weighted by Crippen LogP contribution is -2.47. The van der Waals surface area contributed by atoms with Gasteiger partial charge in [0.15, 0.2) is 11.8 Å². The number of unbranched alkanes of at least 4 members (excludes halogenated alkanes) is 1. The first-order valence-corrected chi connectivity index (χ1v) is 10.8. The summed E-state index contributed by atoms with van der Waals surface area (Å²) in [6.45, 7) is 3.70. The van der Waals surface area contributed by atoms with Crippen molar-refractivity contribution in [1.29, 1.82) is 0 Å². The molecule has 0 spiro atoms. The van der Waals surface area contributed by atoms with Gasteiger partial charge in [0.2, 0.25) is 0 Å². The van der Waals surface area contributed by atoms with E-state index >= 15 is 0 Å². The predicted octanol–water partition coefficient (Wildman–Crippen LogP) is 1.94. The summed E-state index contributed by atoms with van der Waals surface area (Å²) in [6, 6.07) is 10.7. The highest BCUT2D eigenvalue weighted by molar-refractivity contribution is 5.79. The van der Waals surface area contributed by atoms with Crippen LogP contribution in [0.5, 0.6) is 0 Å². The number of aliphatic imine (C=N–C) groups is 1. The first-order chi connectivity index (χ1) is 14.8. The quantitative estimate of drug-likeness (QED) is 0.332. The molecule has 1 aromatic carbocycles. The second-order valence-corrected chi connectivity index (χ2v) is 7.49. The Balaban J connectivity index is 1.27. The van der Waals surface area contributed by atoms with Crippen molar-refractivity contribution in [1.82, 2.24) is 25.4 Å². The van der Waals surface area contributed by atoms with E-state index in [9.17, 15) is 0 Å². The number of aromatic nitrogens is 3. The molecule has 1 aromatic heterocycles. The Bertz CT molecular complexity index is 777. The highest BCUT2D eigenvalue weighted by Gasteiger charge is 2.22. The maximum absolute atomic E-state index is 5.75. The van der Waals surface area contributed by atoms with Crippen LogP contribution in [0.1, 0.15) is 36.5 Å². The monoisotopic (exact) mass is 414 g/mol. The SMILES string of the molecule is CN=C(NCCCCOCCc1ccccc1)NC1CCc2nc(COC)nn2C1.